The van der Waals surface area contributed by atoms with Crippen LogP contribution in [0.3, 0.4) is 0 Å². The Morgan fingerprint density at radius 2 is 1.84 bits per heavy atom. The molecule has 2 fully saturated rings. The van der Waals surface area contributed by atoms with Crippen molar-refractivity contribution in [3.8, 4) is 0 Å². The largest absolute Gasteiger partial charge is 0.452 e. The van der Waals surface area contributed by atoms with Crippen molar-refractivity contribution >= 4 is 34.9 Å². The molecule has 0 bridgehead atoms. The van der Waals surface area contributed by atoms with Gasteiger partial charge in [0.15, 0.2) is 0 Å². The van der Waals surface area contributed by atoms with E-state index in [9.17, 15) is 23.6 Å². The average molecular weight is 626 g/mol. The van der Waals surface area contributed by atoms with E-state index in [2.05, 4.69) is 10.3 Å². The number of likely N-dealkylation sites (N-methyl/N-ethyl adjacent to an activating group) is 1. The van der Waals surface area contributed by atoms with Crippen molar-refractivity contribution in [3.63, 3.8) is 0 Å². The van der Waals surface area contributed by atoms with E-state index in [4.69, 9.17) is 9.47 Å². The third-order valence-electron chi connectivity index (χ3n) is 9.29. The first-order chi connectivity index (χ1) is 21.3. The van der Waals surface area contributed by atoms with Crippen molar-refractivity contribution in [1.82, 2.24) is 25.0 Å². The Morgan fingerprint density at radius 1 is 1.13 bits per heavy atom. The highest BCUT2D eigenvalue weighted by atomic mass is 19.1. The van der Waals surface area contributed by atoms with Crippen LogP contribution >= 0.6 is 0 Å². The Morgan fingerprint density at radius 3 is 2.51 bits per heavy atom. The molecule has 11 nitrogen and oxygen atoms in total. The average Bonchev–Trinajstić information content (AvgIpc) is 3.72. The number of nitrogens with zero attached hydrogens (tertiary/aromatic N) is 3. The molecule has 1 aromatic heterocycles. The van der Waals surface area contributed by atoms with Gasteiger partial charge in [0, 0.05) is 48.9 Å². The van der Waals surface area contributed by atoms with Gasteiger partial charge in [-0.25, -0.2) is 14.0 Å². The number of hydrogen-bond donors (Lipinski definition) is 2. The molecule has 0 spiro atoms. The summed E-state index contributed by atoms with van der Waals surface area (Å²) in [6.07, 6.45) is 7.08. The molecule has 4 unspecified atom stereocenters. The van der Waals surface area contributed by atoms with E-state index in [0.29, 0.717) is 11.2 Å². The molecule has 2 aliphatic heterocycles. The summed E-state index contributed by atoms with van der Waals surface area (Å²) in [5, 5.41) is 3.82. The number of rotatable bonds is 6. The molecule has 1 aliphatic carbocycles. The lowest BCUT2D eigenvalue weighted by Gasteiger charge is -2.37. The Labute approximate surface area is 263 Å². The molecule has 45 heavy (non-hydrogen) atoms. The van der Waals surface area contributed by atoms with Gasteiger partial charge in [0.25, 0.3) is 0 Å². The van der Waals surface area contributed by atoms with Crippen LogP contribution in [-0.4, -0.2) is 94.7 Å². The quantitative estimate of drug-likeness (QED) is 0.471. The van der Waals surface area contributed by atoms with Gasteiger partial charge in [-0.15, -0.1) is 0 Å². The fraction of sp³-hybridized carbons (Fsp3) is 0.576. The predicted molar refractivity (Wildman–Crippen MR) is 166 cm³/mol. The zero-order valence-electron chi connectivity index (χ0n) is 26.9. The molecule has 5 rings (SSSR count). The number of benzene rings is 1. The second-order valence-electron chi connectivity index (χ2n) is 13.3. The van der Waals surface area contributed by atoms with Gasteiger partial charge < -0.3 is 24.7 Å². The minimum absolute atomic E-state index is 0.0779. The predicted octanol–water partition coefficient (Wildman–Crippen LogP) is 4.89. The molecule has 12 heteroatoms. The Bertz CT molecular complexity index is 1490. The first-order valence-corrected chi connectivity index (χ1v) is 15.7. The number of carbonyl (C=O) groups is 4. The molecular weight excluding hydrogens is 581 g/mol. The Balaban J connectivity index is 1.44. The number of aromatic nitrogens is 1. The molecule has 2 N–H and O–H groups in total. The summed E-state index contributed by atoms with van der Waals surface area (Å²) in [6.45, 7) is 7.41. The summed E-state index contributed by atoms with van der Waals surface area (Å²) < 4.78 is 24.5. The SMILES string of the molecule is COC(=O)N1CC(c2c[nH]c3cc(F)ccc23)C2C1=CCN2C(=O)C(NC(=O)C(C)N(C)C(=O)OC(C)(C)C)C1CCCCC1. The van der Waals surface area contributed by atoms with Crippen molar-refractivity contribution in [3.05, 3.63) is 47.5 Å². The minimum atomic E-state index is -0.883. The van der Waals surface area contributed by atoms with E-state index in [1.807, 2.05) is 12.3 Å². The van der Waals surface area contributed by atoms with E-state index in [0.717, 1.165) is 43.1 Å². The zero-order chi connectivity index (χ0) is 32.6. The highest BCUT2D eigenvalue weighted by molar-refractivity contribution is 5.92. The molecule has 4 atom stereocenters. The lowest BCUT2D eigenvalue weighted by molar-refractivity contribution is -0.140. The number of halogens is 1. The van der Waals surface area contributed by atoms with Gasteiger partial charge in [0.2, 0.25) is 11.8 Å². The number of ether oxygens (including phenoxy) is 2. The summed E-state index contributed by atoms with van der Waals surface area (Å²) in [7, 11) is 2.83. The van der Waals surface area contributed by atoms with Gasteiger partial charge in [-0.05, 0) is 76.3 Å². The normalized spacial score (nSPS) is 21.6. The Hall–Kier alpha value is -4.09. The second kappa shape index (κ2) is 12.7. The zero-order valence-corrected chi connectivity index (χ0v) is 26.9. The van der Waals surface area contributed by atoms with Gasteiger partial charge in [0.1, 0.15) is 23.5 Å². The molecular formula is C33H44FN5O6. The molecule has 4 amide bonds. The van der Waals surface area contributed by atoms with Crippen LogP contribution in [-0.2, 0) is 19.1 Å². The van der Waals surface area contributed by atoms with Gasteiger partial charge in [0.05, 0.1) is 13.2 Å². The van der Waals surface area contributed by atoms with Gasteiger partial charge in [-0.3, -0.25) is 19.4 Å². The molecule has 1 aromatic carbocycles. The molecule has 3 heterocycles. The van der Waals surface area contributed by atoms with E-state index in [-0.39, 0.29) is 36.6 Å². The molecule has 2 aromatic rings. The standard InChI is InChI=1S/C33H44FN5O6/c1-19(37(5)31(42)45-33(2,3)4)29(40)36-27(20-10-8-7-9-11-20)30(41)38-15-14-26-28(38)24(18-39(26)32(43)44-6)23-17-35-25-16-21(34)12-13-22(23)25/h12-14,16-17,19-20,24,27-28,35H,7-11,15,18H2,1-6H3,(H,36,40). The maximum absolute atomic E-state index is 14.6. The van der Waals surface area contributed by atoms with Crippen LogP contribution in [0.2, 0.25) is 0 Å². The van der Waals surface area contributed by atoms with Gasteiger partial charge >= 0.3 is 12.2 Å². The van der Waals surface area contributed by atoms with Crippen LogP contribution in [0.15, 0.2) is 36.2 Å². The van der Waals surface area contributed by atoms with Gasteiger partial charge in [-0.2, -0.15) is 0 Å². The first-order valence-electron chi connectivity index (χ1n) is 15.7. The number of carbonyl (C=O) groups excluding carboxylic acids is 4. The van der Waals surface area contributed by atoms with E-state index < -0.39 is 41.8 Å². The van der Waals surface area contributed by atoms with Gasteiger partial charge in [-0.1, -0.05) is 19.3 Å². The van der Waals surface area contributed by atoms with Crippen molar-refractivity contribution in [2.75, 3.05) is 27.2 Å². The van der Waals surface area contributed by atoms with Crippen molar-refractivity contribution in [2.24, 2.45) is 5.92 Å². The lowest BCUT2D eigenvalue weighted by atomic mass is 9.82. The molecule has 1 saturated heterocycles. The van der Waals surface area contributed by atoms with E-state index >= 15 is 0 Å². The van der Waals surface area contributed by atoms with Crippen molar-refractivity contribution < 1.29 is 33.0 Å². The molecule has 3 aliphatic rings. The number of nitrogens with one attached hydrogen (secondary N) is 2. The first kappa shape index (κ1) is 32.3. The van der Waals surface area contributed by atoms with Crippen LogP contribution in [0.5, 0.6) is 0 Å². The number of fused-ring (bicyclic) bond motifs is 2. The summed E-state index contributed by atoms with van der Waals surface area (Å²) >= 11 is 0. The smallest absolute Gasteiger partial charge is 0.413 e. The molecule has 244 valence electrons. The number of hydrogen-bond acceptors (Lipinski definition) is 6. The van der Waals surface area contributed by atoms with Crippen molar-refractivity contribution in [1.29, 1.82) is 0 Å². The number of H-pyrrole nitrogens is 1. The second-order valence-corrected chi connectivity index (χ2v) is 13.3. The van der Waals surface area contributed by atoms with Crippen LogP contribution < -0.4 is 5.32 Å². The van der Waals surface area contributed by atoms with E-state index in [1.54, 1.807) is 43.6 Å². The summed E-state index contributed by atoms with van der Waals surface area (Å²) in [4.78, 5) is 61.4. The van der Waals surface area contributed by atoms with Crippen molar-refractivity contribution in [2.45, 2.75) is 89.4 Å². The maximum atomic E-state index is 14.6. The summed E-state index contributed by atoms with van der Waals surface area (Å²) in [5.41, 5.74) is 1.43. The van der Waals surface area contributed by atoms with Crippen LogP contribution in [0.25, 0.3) is 10.9 Å². The van der Waals surface area contributed by atoms with Crippen LogP contribution in [0.4, 0.5) is 14.0 Å². The lowest BCUT2D eigenvalue weighted by Crippen LogP contribution is -2.58. The maximum Gasteiger partial charge on any atom is 0.413 e. The molecule has 1 saturated carbocycles. The fourth-order valence-corrected chi connectivity index (χ4v) is 6.86. The topological polar surface area (TPSA) is 124 Å². The summed E-state index contributed by atoms with van der Waals surface area (Å²) in [6, 6.07) is 2.33. The molecule has 0 radical (unpaired) electrons. The highest BCUT2D eigenvalue weighted by Crippen LogP contribution is 2.44. The number of aromatic amines is 1. The number of amides is 4. The van der Waals surface area contributed by atoms with Crippen LogP contribution in [0, 0.1) is 11.7 Å². The fourth-order valence-electron chi connectivity index (χ4n) is 6.86. The van der Waals surface area contributed by atoms with Crippen LogP contribution in [0.1, 0.15) is 71.3 Å². The monoisotopic (exact) mass is 625 g/mol. The summed E-state index contributed by atoms with van der Waals surface area (Å²) in [5.74, 6) is -1.44. The highest BCUT2D eigenvalue weighted by Gasteiger charge is 2.50. The van der Waals surface area contributed by atoms with E-state index in [1.165, 1.54) is 31.2 Å². The number of likely N-dealkylation sites (tertiary alicyclic amines) is 1. The number of methoxy groups -OCH3 is 1. The Kier molecular flexibility index (Phi) is 9.14. The minimum Gasteiger partial charge on any atom is -0.452 e. The third kappa shape index (κ3) is 6.50. The third-order valence-corrected chi connectivity index (χ3v) is 9.29.